The number of aromatic amines is 1. The summed E-state index contributed by atoms with van der Waals surface area (Å²) in [4.78, 5) is 112. The number of H-pyrrole nitrogens is 1. The largest absolute Gasteiger partial charge is 1.00 e. The van der Waals surface area contributed by atoms with Crippen LogP contribution in [0.3, 0.4) is 0 Å². The number of carbonyl (C=O) groups is 8. The number of esters is 4. The summed E-state index contributed by atoms with van der Waals surface area (Å²) >= 11 is 15.4. The third kappa shape index (κ3) is 41.1. The Bertz CT molecular complexity index is 6570. The summed E-state index contributed by atoms with van der Waals surface area (Å²) < 4.78 is 105. The number of nitrogens with two attached hydrogens (primary N) is 1. The van der Waals surface area contributed by atoms with Gasteiger partial charge in [-0.05, 0) is 475 Å². The molecular formula is C114H142F3I2KN7NaO17S5. The molecule has 3 aromatic heterocycles. The fourth-order valence-corrected chi connectivity index (χ4v) is 23.3. The van der Waals surface area contributed by atoms with E-state index in [-0.39, 0.29) is 153 Å². The number of nitrogens with one attached hydrogen (secondary N) is 1. The van der Waals surface area contributed by atoms with Crippen molar-refractivity contribution in [1.29, 1.82) is 0 Å². The van der Waals surface area contributed by atoms with Gasteiger partial charge in [0, 0.05) is 76.6 Å². The fourth-order valence-electron chi connectivity index (χ4n) is 18.6. The molecular weight excluding hydrogens is 2270 g/mol. The number of imidazole rings is 3. The third-order valence-electron chi connectivity index (χ3n) is 24.4. The predicted molar refractivity (Wildman–Crippen MR) is 597 cm³/mol. The molecule has 8 aromatic carbocycles. The Morgan fingerprint density at radius 3 is 1.23 bits per heavy atom. The summed E-state index contributed by atoms with van der Waals surface area (Å²) in [7, 11) is -3.87. The van der Waals surface area contributed by atoms with Gasteiger partial charge in [0.05, 0.1) is 27.8 Å². The molecule has 0 bridgehead atoms. The molecule has 36 heteroatoms. The first-order chi connectivity index (χ1) is 68.7. The summed E-state index contributed by atoms with van der Waals surface area (Å²) in [5.74, 6) is 0.111. The van der Waals surface area contributed by atoms with Crippen LogP contribution in [0.5, 0.6) is 0 Å². The molecule has 0 aliphatic heterocycles. The van der Waals surface area contributed by atoms with Crippen molar-refractivity contribution in [3.63, 3.8) is 0 Å². The maximum atomic E-state index is 14.6. The SMILES string of the molecule is CC(=O)Sc1ccc2c(c1)CCC[C@H]2CCC(=O)OC(C)(C)C.CC(=O)[S-].CC(C)(C)OC(=O)CC[C@@H]1CCCc2cc(I)ccc21.CC(C)(C)OC(=O)CC[C@@H]1CCCc2cc(S)ccc21.CC(C)(C)OC(=O)CC[C@@H]1CCCc2cc(Sc3cc(F)cc4c3ncn4C(=O)OC(C)(C)C)ccc21.CC(C)(C)OC(=O)n1cnc2c(I)cc(F)cc21.NC[C@@H]1CCCc2cc(S(=O)(=O)c3cc(F)cc4[nH]cnc34)ccc21.[K+].[Na+].[OH-]. The molecule has 5 aliphatic carbocycles. The summed E-state index contributed by atoms with van der Waals surface area (Å²) in [6.07, 6.45) is 24.5. The Labute approximate surface area is 993 Å². The molecule has 5 atom stereocenters. The molecule has 0 radical (unpaired) electrons. The summed E-state index contributed by atoms with van der Waals surface area (Å²) in [5, 5.41) is -0.137. The van der Waals surface area contributed by atoms with Gasteiger partial charge in [-0.15, -0.1) is 12.6 Å². The van der Waals surface area contributed by atoms with Crippen LogP contribution in [0.2, 0.25) is 0 Å². The molecule has 802 valence electrons. The maximum absolute atomic E-state index is 14.6. The second-order valence-corrected chi connectivity index (χ2v) is 51.4. The van der Waals surface area contributed by atoms with Crippen molar-refractivity contribution in [1.82, 2.24) is 29.1 Å². The van der Waals surface area contributed by atoms with E-state index in [1.54, 1.807) is 60.6 Å². The molecule has 24 nitrogen and oxygen atoms in total. The van der Waals surface area contributed by atoms with Crippen LogP contribution in [0.15, 0.2) is 176 Å². The van der Waals surface area contributed by atoms with E-state index in [0.29, 0.717) is 91.9 Å². The minimum absolute atomic E-state index is 0. The van der Waals surface area contributed by atoms with Crippen LogP contribution in [0, 0.1) is 24.6 Å². The van der Waals surface area contributed by atoms with E-state index < -0.39 is 61.9 Å². The van der Waals surface area contributed by atoms with Crippen LogP contribution < -0.4 is 86.7 Å². The van der Waals surface area contributed by atoms with Gasteiger partial charge in [0.15, 0.2) is 5.12 Å². The Hall–Kier alpha value is -6.64. The molecule has 11 aromatic rings. The van der Waals surface area contributed by atoms with Gasteiger partial charge in [-0.1, -0.05) is 53.9 Å². The molecule has 0 spiro atoms. The first kappa shape index (κ1) is 130. The summed E-state index contributed by atoms with van der Waals surface area (Å²) in [6, 6.07) is 38.5. The number of hydrogen-bond acceptors (Lipinski definition) is 25. The number of nitrogens with zero attached hydrogens (tertiary/aromatic N) is 5. The molecule has 4 N–H and O–H groups in total. The number of halogens is 5. The molecule has 0 amide bonds. The quantitative estimate of drug-likeness (QED) is 0.0137. The van der Waals surface area contributed by atoms with Crippen LogP contribution in [-0.4, -0.2) is 129 Å². The second kappa shape index (κ2) is 58.1. The van der Waals surface area contributed by atoms with Crippen LogP contribution in [-0.2, 0) is 112 Å². The normalized spacial score (nSPS) is 16.1. The first-order valence-electron chi connectivity index (χ1n) is 50.2. The van der Waals surface area contributed by atoms with Crippen molar-refractivity contribution >= 4 is 183 Å². The molecule has 3 heterocycles. The van der Waals surface area contributed by atoms with Crippen LogP contribution in [0.1, 0.15) is 339 Å². The van der Waals surface area contributed by atoms with E-state index in [2.05, 4.69) is 122 Å². The molecule has 0 fully saturated rings. The number of sulfone groups is 1. The number of thioether (sulfide) groups is 1. The minimum atomic E-state index is -3.87. The van der Waals surface area contributed by atoms with Crippen molar-refractivity contribution in [2.45, 2.75) is 379 Å². The Balaban J connectivity index is 0.000000245. The number of hydrogen-bond donors (Lipinski definition) is 3. The van der Waals surface area contributed by atoms with E-state index in [0.717, 1.165) is 122 Å². The van der Waals surface area contributed by atoms with Crippen molar-refractivity contribution in [2.24, 2.45) is 5.73 Å². The smallest absolute Gasteiger partial charge is 0.870 e. The van der Waals surface area contributed by atoms with E-state index >= 15 is 0 Å². The molecule has 0 saturated carbocycles. The average Bonchev–Trinajstić information content (AvgIpc) is 1.36. The standard InChI is InChI=1S/C29H35FN2O4S.C19H26O3S.C18H18FN3O2S.C17H23IO2.C17H24O2S.C12H12FIN2O2.C2H4OS.K.Na.H2O/c1-28(2,3)35-25(33)13-10-18-8-7-9-19-14-21(11-12-22(18)19)37-24-16-20(30)15-23-26(24)31-17-32(23)27(34)36-29(4,5)6;1-13(20)23-16-9-10-17-14(6-5-7-15(17)12-16)8-11-18(21)22-19(2,3)4;19-13-7-16-18(22-10-21-16)17(8-13)25(23,24)14-4-5-15-11(6-14)2-1-3-12(15)9-20;1-17(2,3)20-16(19)10-7-12-5-4-6-13-11-14(18)8-9-15(12)13;1-17(2,3)19-16(18)10-7-12-5-4-6-13-11-14(20)8-9-15(12)13;1-12(2,3)18-11(17)16-6-15-10-8(14)4-7(13)5-9(10)16;1-2(3)4;;;/h11-12,14-18H,7-10,13H2,1-6H3;9-10,12,14H,5-8,11H2,1-4H3;4-8,10,12H,1-3,9,20H2,(H,21,22);8-9,11-12H,4-7,10H2,1-3H3;8-9,11-12,20H,4-7,10H2,1-3H3;4-6H,1-3H3;1H3,(H,3,4);;;1H2/q;;;;;;;2*+1;/p-2/t18-;14-;3*12-;;;;;/m00000...../s1. The number of fused-ring (bicyclic) bond motifs is 8. The number of ether oxygens (including phenoxy) is 6. The van der Waals surface area contributed by atoms with Crippen LogP contribution in [0.25, 0.3) is 33.1 Å². The van der Waals surface area contributed by atoms with Crippen molar-refractivity contribution in [3.8, 4) is 0 Å². The topological polar surface area (TPSA) is 346 Å². The van der Waals surface area contributed by atoms with E-state index in [9.17, 15) is 59.9 Å². The zero-order valence-corrected chi connectivity index (χ0v) is 104. The van der Waals surface area contributed by atoms with Gasteiger partial charge in [0.25, 0.3) is 0 Å². The zero-order valence-electron chi connectivity index (χ0n) is 90.5. The summed E-state index contributed by atoms with van der Waals surface area (Å²) in [6.45, 7) is 37.0. The van der Waals surface area contributed by atoms with Gasteiger partial charge < -0.3 is 62.0 Å². The van der Waals surface area contributed by atoms with Crippen molar-refractivity contribution in [3.05, 3.63) is 227 Å². The van der Waals surface area contributed by atoms with Crippen LogP contribution in [0.4, 0.5) is 22.8 Å². The minimum Gasteiger partial charge on any atom is -0.870 e. The van der Waals surface area contributed by atoms with E-state index in [1.165, 1.54) is 169 Å². The van der Waals surface area contributed by atoms with Gasteiger partial charge in [0.1, 0.15) is 85.2 Å². The number of aromatic nitrogens is 6. The second-order valence-electron chi connectivity index (χ2n) is 43.6. The number of rotatable bonds is 18. The fraction of sp³-hybridized carbons (Fsp3) is 0.482. The molecule has 0 saturated heterocycles. The Morgan fingerprint density at radius 2 is 0.807 bits per heavy atom. The average molecular weight is 2420 g/mol. The third-order valence-corrected chi connectivity index (χ3v) is 29.7. The molecule has 0 unspecified atom stereocenters. The van der Waals surface area contributed by atoms with Crippen molar-refractivity contribution in [2.75, 3.05) is 6.54 Å². The Morgan fingerprint density at radius 1 is 0.453 bits per heavy atom. The first-order valence-corrected chi connectivity index (χ1v) is 56.3. The predicted octanol–water partition coefficient (Wildman–Crippen LogP) is 22.3. The number of thiol groups is 1. The zero-order chi connectivity index (χ0) is 108. The Kier molecular flexibility index (Phi) is 50.4. The number of aryl methyl sites for hydroxylation is 5. The van der Waals surface area contributed by atoms with Gasteiger partial charge in [-0.2, -0.15) is 0 Å². The molecule has 5 aliphatic rings. The van der Waals surface area contributed by atoms with Gasteiger partial charge in [0.2, 0.25) is 9.84 Å². The summed E-state index contributed by atoms with van der Waals surface area (Å²) in [5.41, 5.74) is 18.5. The van der Waals surface area contributed by atoms with Crippen LogP contribution >= 0.6 is 81.3 Å². The van der Waals surface area contributed by atoms with Gasteiger partial charge >= 0.3 is 117 Å². The van der Waals surface area contributed by atoms with Gasteiger partial charge in [-0.3, -0.25) is 24.0 Å². The molecule has 16 rings (SSSR count). The van der Waals surface area contributed by atoms with Gasteiger partial charge in [-0.25, -0.2) is 55.3 Å². The van der Waals surface area contributed by atoms with E-state index in [4.69, 9.17) is 34.2 Å². The monoisotopic (exact) mass is 2410 g/mol. The van der Waals surface area contributed by atoms with E-state index in [1.807, 2.05) is 130 Å². The molecule has 150 heavy (non-hydrogen) atoms. The maximum Gasteiger partial charge on any atom is 1.00 e. The number of carbonyl (C=O) groups excluding carboxylic acids is 8. The number of benzene rings is 8. The van der Waals surface area contributed by atoms with Crippen molar-refractivity contribution < 1.29 is 175 Å².